The minimum atomic E-state index is -3.31. The van der Waals surface area contributed by atoms with Gasteiger partial charge in [0.1, 0.15) is 12.4 Å². The fourth-order valence-electron chi connectivity index (χ4n) is 1.88. The lowest BCUT2D eigenvalue weighted by Gasteiger charge is -2.16. The van der Waals surface area contributed by atoms with Crippen LogP contribution in [0.15, 0.2) is 30.3 Å². The van der Waals surface area contributed by atoms with Crippen LogP contribution in [-0.4, -0.2) is 39.0 Å². The molecule has 1 aliphatic heterocycles. The SMILES string of the molecule is O=S(=O)(NCCOc1ccccc1)N1CCCC1. The van der Waals surface area contributed by atoms with Crippen LogP contribution in [0.25, 0.3) is 0 Å². The third-order valence-corrected chi connectivity index (χ3v) is 4.42. The highest BCUT2D eigenvalue weighted by Crippen LogP contribution is 2.11. The summed E-state index contributed by atoms with van der Waals surface area (Å²) in [5.41, 5.74) is 0. The van der Waals surface area contributed by atoms with Gasteiger partial charge in [-0.3, -0.25) is 0 Å². The number of nitrogens with zero attached hydrogens (tertiary/aromatic N) is 1. The van der Waals surface area contributed by atoms with Crippen LogP contribution in [0.3, 0.4) is 0 Å². The van der Waals surface area contributed by atoms with E-state index in [2.05, 4.69) is 4.72 Å². The van der Waals surface area contributed by atoms with Crippen molar-refractivity contribution in [3.05, 3.63) is 30.3 Å². The third kappa shape index (κ3) is 3.69. The summed E-state index contributed by atoms with van der Waals surface area (Å²) in [4.78, 5) is 0. The molecule has 0 saturated carbocycles. The van der Waals surface area contributed by atoms with Crippen LogP contribution in [0.4, 0.5) is 0 Å². The lowest BCUT2D eigenvalue weighted by Crippen LogP contribution is -2.40. The summed E-state index contributed by atoms with van der Waals surface area (Å²) in [6.45, 7) is 1.86. The van der Waals surface area contributed by atoms with Crippen LogP contribution in [0, 0.1) is 0 Å². The second-order valence-electron chi connectivity index (χ2n) is 4.17. The molecule has 1 saturated heterocycles. The summed E-state index contributed by atoms with van der Waals surface area (Å²) in [5, 5.41) is 0. The molecule has 1 N–H and O–H groups in total. The summed E-state index contributed by atoms with van der Waals surface area (Å²) in [6, 6.07) is 9.35. The first-order valence-electron chi connectivity index (χ1n) is 6.11. The van der Waals surface area contributed by atoms with E-state index in [9.17, 15) is 8.42 Å². The van der Waals surface area contributed by atoms with Gasteiger partial charge in [0, 0.05) is 19.6 Å². The summed E-state index contributed by atoms with van der Waals surface area (Å²) in [6.07, 6.45) is 1.89. The average Bonchev–Trinajstić information content (AvgIpc) is 2.91. The van der Waals surface area contributed by atoms with Crippen LogP contribution in [-0.2, 0) is 10.2 Å². The molecule has 1 aromatic carbocycles. The van der Waals surface area contributed by atoms with Crippen LogP contribution >= 0.6 is 0 Å². The highest BCUT2D eigenvalue weighted by molar-refractivity contribution is 7.87. The zero-order chi connectivity index (χ0) is 12.8. The van der Waals surface area contributed by atoms with E-state index < -0.39 is 10.2 Å². The Hall–Kier alpha value is -1.11. The van der Waals surface area contributed by atoms with E-state index in [4.69, 9.17) is 4.74 Å². The molecule has 5 nitrogen and oxygen atoms in total. The predicted molar refractivity (Wildman–Crippen MR) is 69.7 cm³/mol. The molecule has 0 radical (unpaired) electrons. The normalized spacial score (nSPS) is 16.9. The fourth-order valence-corrected chi connectivity index (χ4v) is 3.14. The summed E-state index contributed by atoms with van der Waals surface area (Å²) < 4.78 is 33.1. The van der Waals surface area contributed by atoms with Gasteiger partial charge < -0.3 is 4.74 Å². The van der Waals surface area contributed by atoms with E-state index in [1.54, 1.807) is 0 Å². The van der Waals surface area contributed by atoms with Crippen molar-refractivity contribution in [3.63, 3.8) is 0 Å². The fraction of sp³-hybridized carbons (Fsp3) is 0.500. The van der Waals surface area contributed by atoms with Crippen molar-refractivity contribution in [1.29, 1.82) is 0 Å². The molecule has 0 amide bonds. The Bertz CT molecular complexity index is 455. The highest BCUT2D eigenvalue weighted by Gasteiger charge is 2.24. The zero-order valence-corrected chi connectivity index (χ0v) is 11.0. The quantitative estimate of drug-likeness (QED) is 0.784. The molecule has 1 aliphatic rings. The van der Waals surface area contributed by atoms with E-state index in [-0.39, 0.29) is 6.54 Å². The van der Waals surface area contributed by atoms with E-state index in [0.29, 0.717) is 19.7 Å². The first-order chi connectivity index (χ1) is 8.68. The number of benzene rings is 1. The van der Waals surface area contributed by atoms with Gasteiger partial charge in [0.15, 0.2) is 0 Å². The molecule has 0 aromatic heterocycles. The van der Waals surface area contributed by atoms with Gasteiger partial charge in [0.2, 0.25) is 0 Å². The van der Waals surface area contributed by atoms with Gasteiger partial charge >= 0.3 is 0 Å². The molecular formula is C12H18N2O3S. The average molecular weight is 270 g/mol. The van der Waals surface area contributed by atoms with Crippen molar-refractivity contribution in [2.24, 2.45) is 0 Å². The number of nitrogens with one attached hydrogen (secondary N) is 1. The van der Waals surface area contributed by atoms with Crippen molar-refractivity contribution in [2.45, 2.75) is 12.8 Å². The van der Waals surface area contributed by atoms with Gasteiger partial charge in [-0.05, 0) is 25.0 Å². The van der Waals surface area contributed by atoms with Crippen molar-refractivity contribution in [1.82, 2.24) is 9.03 Å². The Morgan fingerprint density at radius 1 is 1.17 bits per heavy atom. The Morgan fingerprint density at radius 3 is 2.50 bits per heavy atom. The minimum absolute atomic E-state index is 0.285. The summed E-state index contributed by atoms with van der Waals surface area (Å²) in [5.74, 6) is 0.748. The summed E-state index contributed by atoms with van der Waals surface area (Å²) >= 11 is 0. The van der Waals surface area contributed by atoms with Crippen LogP contribution < -0.4 is 9.46 Å². The van der Waals surface area contributed by atoms with Crippen LogP contribution in [0.1, 0.15) is 12.8 Å². The van der Waals surface area contributed by atoms with Crippen LogP contribution in [0.5, 0.6) is 5.75 Å². The maximum absolute atomic E-state index is 11.8. The molecule has 0 aliphatic carbocycles. The molecule has 100 valence electrons. The first-order valence-corrected chi connectivity index (χ1v) is 7.55. The van der Waals surface area contributed by atoms with E-state index in [0.717, 1.165) is 18.6 Å². The van der Waals surface area contributed by atoms with E-state index in [1.165, 1.54) is 4.31 Å². The Kier molecular flexibility index (Phi) is 4.57. The molecule has 2 rings (SSSR count). The molecule has 1 fully saturated rings. The molecule has 18 heavy (non-hydrogen) atoms. The maximum atomic E-state index is 11.8. The van der Waals surface area contributed by atoms with Crippen molar-refractivity contribution in [2.75, 3.05) is 26.2 Å². The predicted octanol–water partition coefficient (Wildman–Crippen LogP) is 0.996. The van der Waals surface area contributed by atoms with Gasteiger partial charge in [0.25, 0.3) is 10.2 Å². The second-order valence-corrected chi connectivity index (χ2v) is 5.92. The lowest BCUT2D eigenvalue weighted by atomic mass is 10.3. The summed E-state index contributed by atoms with van der Waals surface area (Å²) in [7, 11) is -3.31. The topological polar surface area (TPSA) is 58.6 Å². The smallest absolute Gasteiger partial charge is 0.279 e. The molecule has 0 bridgehead atoms. The Morgan fingerprint density at radius 2 is 1.83 bits per heavy atom. The largest absolute Gasteiger partial charge is 0.492 e. The minimum Gasteiger partial charge on any atom is -0.492 e. The molecule has 0 atom stereocenters. The maximum Gasteiger partial charge on any atom is 0.279 e. The number of para-hydroxylation sites is 1. The standard InChI is InChI=1S/C12H18N2O3S/c15-18(16,14-9-4-5-10-14)13-8-11-17-12-6-2-1-3-7-12/h1-3,6-7,13H,4-5,8-11H2. The van der Waals surface area contributed by atoms with Gasteiger partial charge in [-0.15, -0.1) is 0 Å². The van der Waals surface area contributed by atoms with Crippen LogP contribution in [0.2, 0.25) is 0 Å². The third-order valence-electron chi connectivity index (χ3n) is 2.80. The van der Waals surface area contributed by atoms with Crippen molar-refractivity contribution < 1.29 is 13.2 Å². The van der Waals surface area contributed by atoms with Gasteiger partial charge in [-0.1, -0.05) is 18.2 Å². The highest BCUT2D eigenvalue weighted by atomic mass is 32.2. The van der Waals surface area contributed by atoms with E-state index >= 15 is 0 Å². The molecule has 0 unspecified atom stereocenters. The molecule has 1 heterocycles. The zero-order valence-electron chi connectivity index (χ0n) is 10.2. The molecule has 0 spiro atoms. The van der Waals surface area contributed by atoms with Crippen molar-refractivity contribution >= 4 is 10.2 Å². The monoisotopic (exact) mass is 270 g/mol. The van der Waals surface area contributed by atoms with Gasteiger partial charge in [0.05, 0.1) is 0 Å². The molecule has 6 heteroatoms. The number of rotatable bonds is 6. The van der Waals surface area contributed by atoms with Crippen molar-refractivity contribution in [3.8, 4) is 5.75 Å². The molecular weight excluding hydrogens is 252 g/mol. The number of hydrogen-bond acceptors (Lipinski definition) is 3. The number of hydrogen-bond donors (Lipinski definition) is 1. The van der Waals surface area contributed by atoms with E-state index in [1.807, 2.05) is 30.3 Å². The number of ether oxygens (including phenoxy) is 1. The second kappa shape index (κ2) is 6.17. The Balaban J connectivity index is 1.72. The molecule has 1 aromatic rings. The lowest BCUT2D eigenvalue weighted by molar-refractivity contribution is 0.321. The first kappa shape index (κ1) is 13.3. The van der Waals surface area contributed by atoms with Gasteiger partial charge in [-0.2, -0.15) is 17.4 Å². The Labute approximate surface area is 108 Å². The van der Waals surface area contributed by atoms with Gasteiger partial charge in [-0.25, -0.2) is 0 Å².